The second-order valence-electron chi connectivity index (χ2n) is 7.79. The van der Waals surface area contributed by atoms with E-state index in [0.29, 0.717) is 16.5 Å². The lowest BCUT2D eigenvalue weighted by molar-refractivity contribution is 0.0664. The van der Waals surface area contributed by atoms with Gasteiger partial charge in [0, 0.05) is 11.1 Å². The topological polar surface area (TPSA) is 12.0 Å². The van der Waals surface area contributed by atoms with Gasteiger partial charge in [-0.05, 0) is 38.0 Å². The minimum atomic E-state index is 0.385. The highest BCUT2D eigenvalue weighted by Crippen LogP contribution is 2.45. The minimum absolute atomic E-state index is 0.385. The molecule has 2 aliphatic heterocycles. The number of fused-ring (bicyclic) bond motifs is 2. The Hall–Kier alpha value is -0.0400. The van der Waals surface area contributed by atoms with Gasteiger partial charge in [-0.1, -0.05) is 52.9 Å². The predicted octanol–water partition coefficient (Wildman–Crippen LogP) is 4.66. The zero-order chi connectivity index (χ0) is 12.6. The fraction of sp³-hybridized carbons (Fsp3) is 1.00. The van der Waals surface area contributed by atoms with Gasteiger partial charge in [0.05, 0.1) is 0 Å². The maximum absolute atomic E-state index is 4.15. The average Bonchev–Trinajstić information content (AvgIpc) is 2.36. The molecule has 0 amide bonds. The Labute approximate surface area is 108 Å². The standard InChI is InChI=1S/C16H31N/c1-14(2,3)16-12-7-5-6-10-15(4,17-16)11-8-9-13-16/h17H,5-13H2,1-4H3. The molecule has 0 aromatic carbocycles. The zero-order valence-electron chi connectivity index (χ0n) is 12.4. The third-order valence-electron chi connectivity index (χ3n) is 5.39. The molecule has 2 fully saturated rings. The van der Waals surface area contributed by atoms with Gasteiger partial charge in [-0.3, -0.25) is 0 Å². The van der Waals surface area contributed by atoms with Crippen LogP contribution in [0.15, 0.2) is 0 Å². The number of hydrogen-bond donors (Lipinski definition) is 1. The molecule has 2 rings (SSSR count). The summed E-state index contributed by atoms with van der Waals surface area (Å²) in [5.41, 5.74) is 1.18. The molecule has 1 N–H and O–H groups in total. The molecule has 0 aromatic heterocycles. The van der Waals surface area contributed by atoms with Crippen LogP contribution in [0.1, 0.15) is 85.5 Å². The van der Waals surface area contributed by atoms with E-state index in [4.69, 9.17) is 0 Å². The summed E-state index contributed by atoms with van der Waals surface area (Å²) in [7, 11) is 0. The Kier molecular flexibility index (Phi) is 3.60. The number of rotatable bonds is 0. The fourth-order valence-corrected chi connectivity index (χ4v) is 4.08. The van der Waals surface area contributed by atoms with E-state index in [1.54, 1.807) is 0 Å². The highest BCUT2D eigenvalue weighted by atomic mass is 15.1. The van der Waals surface area contributed by atoms with Crippen LogP contribution in [-0.2, 0) is 0 Å². The summed E-state index contributed by atoms with van der Waals surface area (Å²) < 4.78 is 0. The van der Waals surface area contributed by atoms with Crippen molar-refractivity contribution < 1.29 is 0 Å². The summed E-state index contributed by atoms with van der Waals surface area (Å²) in [6.07, 6.45) is 12.6. The summed E-state index contributed by atoms with van der Waals surface area (Å²) in [5, 5.41) is 4.15. The summed E-state index contributed by atoms with van der Waals surface area (Å²) >= 11 is 0. The monoisotopic (exact) mass is 237 g/mol. The van der Waals surface area contributed by atoms with Gasteiger partial charge < -0.3 is 5.32 Å². The van der Waals surface area contributed by atoms with Crippen LogP contribution in [0.5, 0.6) is 0 Å². The molecule has 2 saturated heterocycles. The first-order valence-corrected chi connectivity index (χ1v) is 7.66. The molecule has 2 bridgehead atoms. The SMILES string of the molecule is CC12CCCCCC(C(C)(C)C)(CCCC1)N2. The first kappa shape index (κ1) is 13.4. The molecule has 2 atom stereocenters. The Morgan fingerprint density at radius 2 is 1.24 bits per heavy atom. The number of hydrogen-bond acceptors (Lipinski definition) is 1. The molecular weight excluding hydrogens is 206 g/mol. The molecule has 2 heterocycles. The Morgan fingerprint density at radius 3 is 1.82 bits per heavy atom. The van der Waals surface area contributed by atoms with Crippen LogP contribution in [0.4, 0.5) is 0 Å². The van der Waals surface area contributed by atoms with Gasteiger partial charge in [0.25, 0.3) is 0 Å². The molecule has 1 nitrogen and oxygen atoms in total. The van der Waals surface area contributed by atoms with Crippen molar-refractivity contribution in [2.75, 3.05) is 0 Å². The molecule has 1 heteroatoms. The van der Waals surface area contributed by atoms with Crippen LogP contribution < -0.4 is 5.32 Å². The van der Waals surface area contributed by atoms with E-state index in [0.717, 1.165) is 0 Å². The third kappa shape index (κ3) is 2.70. The van der Waals surface area contributed by atoms with E-state index in [1.807, 2.05) is 0 Å². The van der Waals surface area contributed by atoms with Crippen molar-refractivity contribution in [3.8, 4) is 0 Å². The van der Waals surface area contributed by atoms with Gasteiger partial charge in [0.2, 0.25) is 0 Å². The van der Waals surface area contributed by atoms with Crippen LogP contribution >= 0.6 is 0 Å². The third-order valence-corrected chi connectivity index (χ3v) is 5.39. The van der Waals surface area contributed by atoms with Crippen LogP contribution in [0.3, 0.4) is 0 Å². The summed E-state index contributed by atoms with van der Waals surface area (Å²) in [6.45, 7) is 9.79. The van der Waals surface area contributed by atoms with Gasteiger partial charge in [0.1, 0.15) is 0 Å². The molecule has 0 aromatic rings. The smallest absolute Gasteiger partial charge is 0.0234 e. The van der Waals surface area contributed by atoms with Crippen LogP contribution in [0, 0.1) is 5.41 Å². The zero-order valence-corrected chi connectivity index (χ0v) is 12.4. The first-order chi connectivity index (χ1) is 7.87. The Bertz CT molecular complexity index is 265. The first-order valence-electron chi connectivity index (χ1n) is 7.66. The van der Waals surface area contributed by atoms with Crippen LogP contribution in [0.2, 0.25) is 0 Å². The van der Waals surface area contributed by atoms with Gasteiger partial charge in [0.15, 0.2) is 0 Å². The van der Waals surface area contributed by atoms with Gasteiger partial charge in [-0.25, -0.2) is 0 Å². The maximum atomic E-state index is 4.15. The molecular formula is C16H31N. The van der Waals surface area contributed by atoms with E-state index < -0.39 is 0 Å². The van der Waals surface area contributed by atoms with Crippen molar-refractivity contribution in [2.45, 2.75) is 96.6 Å². The van der Waals surface area contributed by atoms with E-state index in [9.17, 15) is 0 Å². The van der Waals surface area contributed by atoms with Crippen molar-refractivity contribution in [1.29, 1.82) is 0 Å². The summed E-state index contributed by atoms with van der Waals surface area (Å²) in [6, 6.07) is 0. The predicted molar refractivity (Wildman–Crippen MR) is 75.3 cm³/mol. The van der Waals surface area contributed by atoms with Crippen LogP contribution in [0.25, 0.3) is 0 Å². The lowest BCUT2D eigenvalue weighted by atomic mass is 9.66. The highest BCUT2D eigenvalue weighted by molar-refractivity contribution is 5.05. The van der Waals surface area contributed by atoms with Crippen molar-refractivity contribution in [3.63, 3.8) is 0 Å². The van der Waals surface area contributed by atoms with Gasteiger partial charge >= 0.3 is 0 Å². The van der Waals surface area contributed by atoms with Crippen molar-refractivity contribution >= 4 is 0 Å². The van der Waals surface area contributed by atoms with E-state index in [2.05, 4.69) is 33.0 Å². The Balaban J connectivity index is 2.31. The van der Waals surface area contributed by atoms with E-state index in [1.165, 1.54) is 57.8 Å². The Morgan fingerprint density at radius 1 is 0.765 bits per heavy atom. The largest absolute Gasteiger partial charge is 0.306 e. The second kappa shape index (κ2) is 4.57. The highest BCUT2D eigenvalue weighted by Gasteiger charge is 2.46. The fourth-order valence-electron chi connectivity index (χ4n) is 4.08. The molecule has 17 heavy (non-hydrogen) atoms. The van der Waals surface area contributed by atoms with Crippen LogP contribution in [-0.4, -0.2) is 11.1 Å². The van der Waals surface area contributed by atoms with Crippen molar-refractivity contribution in [2.24, 2.45) is 5.41 Å². The lowest BCUT2D eigenvalue weighted by Gasteiger charge is -2.51. The van der Waals surface area contributed by atoms with Crippen molar-refractivity contribution in [3.05, 3.63) is 0 Å². The molecule has 0 spiro atoms. The summed E-state index contributed by atoms with van der Waals surface area (Å²) in [5.74, 6) is 0. The minimum Gasteiger partial charge on any atom is -0.306 e. The summed E-state index contributed by atoms with van der Waals surface area (Å²) in [4.78, 5) is 0. The molecule has 0 radical (unpaired) electrons. The molecule has 2 aliphatic rings. The van der Waals surface area contributed by atoms with Gasteiger partial charge in [-0.2, -0.15) is 0 Å². The molecule has 0 aliphatic carbocycles. The second-order valence-corrected chi connectivity index (χ2v) is 7.79. The molecule has 2 unspecified atom stereocenters. The number of nitrogens with one attached hydrogen (secondary N) is 1. The van der Waals surface area contributed by atoms with E-state index in [-0.39, 0.29) is 0 Å². The molecule has 100 valence electrons. The van der Waals surface area contributed by atoms with Gasteiger partial charge in [-0.15, -0.1) is 0 Å². The van der Waals surface area contributed by atoms with Crippen molar-refractivity contribution in [1.82, 2.24) is 5.32 Å². The quantitative estimate of drug-likeness (QED) is 0.646. The van der Waals surface area contributed by atoms with E-state index >= 15 is 0 Å². The molecule has 0 saturated carbocycles. The average molecular weight is 237 g/mol. The lowest BCUT2D eigenvalue weighted by Crippen LogP contribution is -2.62. The maximum Gasteiger partial charge on any atom is 0.0234 e. The normalized spacial score (nSPS) is 40.2.